The minimum atomic E-state index is 0.872. The van der Waals surface area contributed by atoms with Crippen LogP contribution in [0.2, 0.25) is 0 Å². The molecule has 1 heteroatoms. The van der Waals surface area contributed by atoms with Crippen LogP contribution in [-0.4, -0.2) is 17.5 Å². The lowest BCUT2D eigenvalue weighted by molar-refractivity contribution is 0.228. The summed E-state index contributed by atoms with van der Waals surface area (Å²) >= 11 is 0. The summed E-state index contributed by atoms with van der Waals surface area (Å²) in [4.78, 5) is 2.49. The van der Waals surface area contributed by atoms with Gasteiger partial charge in [0.15, 0.2) is 0 Å². The highest BCUT2D eigenvalue weighted by atomic mass is 15.2. The van der Waals surface area contributed by atoms with Crippen molar-refractivity contribution in [3.05, 3.63) is 12.3 Å². The van der Waals surface area contributed by atoms with Crippen LogP contribution < -0.4 is 0 Å². The Labute approximate surface area is 69.1 Å². The third-order valence-corrected chi connectivity index (χ3v) is 3.25. The zero-order valence-electron chi connectivity index (χ0n) is 7.51. The van der Waals surface area contributed by atoms with Crippen molar-refractivity contribution >= 4 is 0 Å². The summed E-state index contributed by atoms with van der Waals surface area (Å²) in [5.74, 6) is 1.97. The van der Waals surface area contributed by atoms with Gasteiger partial charge in [-0.2, -0.15) is 0 Å². The van der Waals surface area contributed by atoms with Crippen LogP contribution in [0, 0.1) is 11.8 Å². The highest BCUT2D eigenvalue weighted by Gasteiger charge is 2.47. The normalized spacial score (nSPS) is 41.6. The summed E-state index contributed by atoms with van der Waals surface area (Å²) in [6.45, 7) is 9.77. The van der Waals surface area contributed by atoms with E-state index in [0.29, 0.717) is 0 Å². The van der Waals surface area contributed by atoms with E-state index >= 15 is 0 Å². The van der Waals surface area contributed by atoms with E-state index in [2.05, 4.69) is 25.3 Å². The molecule has 0 radical (unpaired) electrons. The first-order valence-electron chi connectivity index (χ1n) is 4.62. The van der Waals surface area contributed by atoms with E-state index < -0.39 is 0 Å². The highest BCUT2D eigenvalue weighted by Crippen LogP contribution is 2.47. The molecule has 0 bridgehead atoms. The van der Waals surface area contributed by atoms with Gasteiger partial charge in [-0.25, -0.2) is 0 Å². The zero-order valence-corrected chi connectivity index (χ0v) is 7.51. The molecule has 11 heavy (non-hydrogen) atoms. The topological polar surface area (TPSA) is 3.24 Å². The molecular weight excluding hydrogens is 134 g/mol. The Hall–Kier alpha value is -0.460. The van der Waals surface area contributed by atoms with Crippen molar-refractivity contribution in [2.45, 2.75) is 32.7 Å². The molecule has 0 aromatic heterocycles. The summed E-state index contributed by atoms with van der Waals surface area (Å²) < 4.78 is 0. The number of fused-ring (bicyclic) bond motifs is 1. The van der Waals surface area contributed by atoms with Gasteiger partial charge >= 0.3 is 0 Å². The Morgan fingerprint density at radius 1 is 1.55 bits per heavy atom. The first-order chi connectivity index (χ1) is 5.20. The number of allylic oxidation sites excluding steroid dienone is 1. The molecule has 0 spiro atoms. The maximum Gasteiger partial charge on any atom is 0.0321 e. The third-order valence-electron chi connectivity index (χ3n) is 3.25. The molecule has 1 saturated carbocycles. The Morgan fingerprint density at radius 2 is 2.27 bits per heavy atom. The Kier molecular flexibility index (Phi) is 1.48. The molecule has 0 amide bonds. The van der Waals surface area contributed by atoms with E-state index in [1.54, 1.807) is 0 Å². The molecule has 3 unspecified atom stereocenters. The standard InChI is InChI=1S/C10H17N/c1-7(2)11-5-4-8(3)9-6-10(9)11/h8-10H,1,4-6H2,2-3H3. The number of hydrogen-bond donors (Lipinski definition) is 0. The van der Waals surface area contributed by atoms with Crippen LogP contribution >= 0.6 is 0 Å². The fourth-order valence-corrected chi connectivity index (χ4v) is 2.37. The van der Waals surface area contributed by atoms with Gasteiger partial charge in [0, 0.05) is 18.3 Å². The van der Waals surface area contributed by atoms with Crippen LogP contribution in [0.4, 0.5) is 0 Å². The molecule has 1 aliphatic carbocycles. The molecule has 1 aliphatic heterocycles. The van der Waals surface area contributed by atoms with Crippen LogP contribution in [-0.2, 0) is 0 Å². The van der Waals surface area contributed by atoms with Crippen molar-refractivity contribution in [3.63, 3.8) is 0 Å². The van der Waals surface area contributed by atoms with Crippen molar-refractivity contribution in [1.82, 2.24) is 4.90 Å². The van der Waals surface area contributed by atoms with E-state index in [4.69, 9.17) is 0 Å². The second-order valence-corrected chi connectivity index (χ2v) is 4.16. The molecule has 1 saturated heterocycles. The van der Waals surface area contributed by atoms with Crippen molar-refractivity contribution in [1.29, 1.82) is 0 Å². The number of rotatable bonds is 1. The summed E-state index contributed by atoms with van der Waals surface area (Å²) in [7, 11) is 0. The lowest BCUT2D eigenvalue weighted by atomic mass is 9.98. The quantitative estimate of drug-likeness (QED) is 0.555. The number of likely N-dealkylation sites (tertiary alicyclic amines) is 1. The average molecular weight is 151 g/mol. The molecule has 1 heterocycles. The molecule has 62 valence electrons. The second-order valence-electron chi connectivity index (χ2n) is 4.16. The predicted octanol–water partition coefficient (Wildman–Crippen LogP) is 2.25. The monoisotopic (exact) mass is 151 g/mol. The average Bonchev–Trinajstić information content (AvgIpc) is 2.66. The van der Waals surface area contributed by atoms with Gasteiger partial charge < -0.3 is 4.90 Å². The SMILES string of the molecule is C=C(C)N1CCC(C)C2CC21. The van der Waals surface area contributed by atoms with Crippen LogP contribution in [0.1, 0.15) is 26.7 Å². The maximum atomic E-state index is 4.01. The molecule has 0 aromatic carbocycles. The van der Waals surface area contributed by atoms with Crippen LogP contribution in [0.3, 0.4) is 0 Å². The highest BCUT2D eigenvalue weighted by molar-refractivity contribution is 5.07. The predicted molar refractivity (Wildman–Crippen MR) is 47.2 cm³/mol. The van der Waals surface area contributed by atoms with Crippen LogP contribution in [0.25, 0.3) is 0 Å². The molecule has 2 aliphatic rings. The minimum Gasteiger partial charge on any atom is -0.372 e. The Balaban J connectivity index is 2.02. The maximum absolute atomic E-state index is 4.01. The van der Waals surface area contributed by atoms with Gasteiger partial charge in [0.25, 0.3) is 0 Å². The van der Waals surface area contributed by atoms with E-state index in [1.165, 1.54) is 25.1 Å². The summed E-state index contributed by atoms with van der Waals surface area (Å²) in [6.07, 6.45) is 2.79. The van der Waals surface area contributed by atoms with E-state index in [-0.39, 0.29) is 0 Å². The zero-order chi connectivity index (χ0) is 8.01. The largest absolute Gasteiger partial charge is 0.372 e. The number of hydrogen-bond acceptors (Lipinski definition) is 1. The van der Waals surface area contributed by atoms with Crippen LogP contribution in [0.5, 0.6) is 0 Å². The lowest BCUT2D eigenvalue weighted by Crippen LogP contribution is -2.32. The van der Waals surface area contributed by atoms with Crippen molar-refractivity contribution in [2.75, 3.05) is 6.54 Å². The van der Waals surface area contributed by atoms with E-state index in [0.717, 1.165) is 17.9 Å². The second kappa shape index (κ2) is 2.26. The first-order valence-corrected chi connectivity index (χ1v) is 4.62. The molecule has 2 rings (SSSR count). The summed E-state index contributed by atoms with van der Waals surface area (Å²) in [5.41, 5.74) is 1.27. The molecule has 2 fully saturated rings. The molecule has 3 atom stereocenters. The van der Waals surface area contributed by atoms with Gasteiger partial charge in [0.1, 0.15) is 0 Å². The lowest BCUT2D eigenvalue weighted by Gasteiger charge is -2.31. The first kappa shape index (κ1) is 7.20. The van der Waals surface area contributed by atoms with Gasteiger partial charge in [-0.3, -0.25) is 0 Å². The van der Waals surface area contributed by atoms with E-state index in [1.807, 2.05) is 0 Å². The molecule has 1 nitrogen and oxygen atoms in total. The van der Waals surface area contributed by atoms with Crippen molar-refractivity contribution in [2.24, 2.45) is 11.8 Å². The Morgan fingerprint density at radius 3 is 2.91 bits per heavy atom. The van der Waals surface area contributed by atoms with Gasteiger partial charge in [0.05, 0.1) is 0 Å². The molecular formula is C10H17N. The fraction of sp³-hybridized carbons (Fsp3) is 0.800. The van der Waals surface area contributed by atoms with Crippen molar-refractivity contribution < 1.29 is 0 Å². The Bertz CT molecular complexity index is 185. The van der Waals surface area contributed by atoms with Gasteiger partial charge in [-0.05, 0) is 31.6 Å². The summed E-state index contributed by atoms with van der Waals surface area (Å²) in [5, 5.41) is 0. The fourth-order valence-electron chi connectivity index (χ4n) is 2.37. The smallest absolute Gasteiger partial charge is 0.0321 e. The van der Waals surface area contributed by atoms with Gasteiger partial charge in [-0.1, -0.05) is 13.5 Å². The number of nitrogens with zero attached hydrogens (tertiary/aromatic N) is 1. The van der Waals surface area contributed by atoms with Crippen LogP contribution in [0.15, 0.2) is 12.3 Å². The summed E-state index contributed by atoms with van der Waals surface area (Å²) in [6, 6.07) is 0.872. The van der Waals surface area contributed by atoms with Gasteiger partial charge in [0.2, 0.25) is 0 Å². The van der Waals surface area contributed by atoms with Gasteiger partial charge in [-0.15, -0.1) is 0 Å². The third kappa shape index (κ3) is 1.07. The molecule has 0 N–H and O–H groups in total. The van der Waals surface area contributed by atoms with Crippen molar-refractivity contribution in [3.8, 4) is 0 Å². The van der Waals surface area contributed by atoms with E-state index in [9.17, 15) is 0 Å². The minimum absolute atomic E-state index is 0.872. The molecule has 0 aromatic rings. The number of piperidine rings is 1.